The van der Waals surface area contributed by atoms with Gasteiger partial charge >= 0.3 is 0 Å². The van der Waals surface area contributed by atoms with Gasteiger partial charge in [-0.25, -0.2) is 0 Å². The number of nitrogens with one attached hydrogen (secondary N) is 1. The van der Waals surface area contributed by atoms with Crippen LogP contribution in [0.2, 0.25) is 0 Å². The van der Waals surface area contributed by atoms with Crippen molar-refractivity contribution in [2.75, 3.05) is 6.54 Å². The van der Waals surface area contributed by atoms with Crippen LogP contribution in [-0.4, -0.2) is 12.6 Å². The fourth-order valence-corrected chi connectivity index (χ4v) is 2.83. The van der Waals surface area contributed by atoms with Crippen molar-refractivity contribution in [3.8, 4) is 0 Å². The first-order valence-electron chi connectivity index (χ1n) is 7.70. The van der Waals surface area contributed by atoms with E-state index in [4.69, 9.17) is 0 Å². The van der Waals surface area contributed by atoms with Gasteiger partial charge in [-0.1, -0.05) is 64.8 Å². The lowest BCUT2D eigenvalue weighted by Gasteiger charge is -2.18. The Morgan fingerprint density at radius 1 is 0.952 bits per heavy atom. The van der Waals surface area contributed by atoms with Gasteiger partial charge in [0, 0.05) is 10.5 Å². The Morgan fingerprint density at radius 2 is 1.57 bits per heavy atom. The Kier molecular flexibility index (Phi) is 6.47. The Balaban J connectivity index is 1.92. The number of halogens is 1. The number of hydrogen-bond acceptors (Lipinski definition) is 1. The van der Waals surface area contributed by atoms with E-state index in [-0.39, 0.29) is 0 Å². The summed E-state index contributed by atoms with van der Waals surface area (Å²) in [6, 6.07) is 18.1. The molecule has 0 aliphatic carbocycles. The number of aryl methyl sites for hydroxylation is 2. The lowest BCUT2D eigenvalue weighted by atomic mass is 9.98. The fourth-order valence-electron chi connectivity index (χ4n) is 2.57. The van der Waals surface area contributed by atoms with E-state index in [1.807, 2.05) is 0 Å². The van der Waals surface area contributed by atoms with Crippen molar-refractivity contribution < 1.29 is 0 Å². The standard InChI is InChI=1S/C19H24BrN/c1-3-21-19(14-17-8-11-18(20)12-9-17)13-10-16-6-4-15(2)5-7-16/h4-9,11-12,19,21H,3,10,13-14H2,1-2H3. The van der Waals surface area contributed by atoms with Crippen LogP contribution >= 0.6 is 15.9 Å². The molecule has 0 bridgehead atoms. The summed E-state index contributed by atoms with van der Waals surface area (Å²) >= 11 is 3.49. The molecule has 0 aromatic heterocycles. The molecule has 0 spiro atoms. The van der Waals surface area contributed by atoms with Crippen molar-refractivity contribution >= 4 is 15.9 Å². The predicted octanol–water partition coefficient (Wildman–Crippen LogP) is 4.91. The molecule has 1 atom stereocenters. The van der Waals surface area contributed by atoms with Gasteiger partial charge in [-0.15, -0.1) is 0 Å². The monoisotopic (exact) mass is 345 g/mol. The normalized spacial score (nSPS) is 12.3. The molecule has 0 aliphatic rings. The Bertz CT molecular complexity index is 530. The second kappa shape index (κ2) is 8.35. The summed E-state index contributed by atoms with van der Waals surface area (Å²) in [4.78, 5) is 0. The molecule has 0 saturated carbocycles. The summed E-state index contributed by atoms with van der Waals surface area (Å²) in [5.74, 6) is 0. The van der Waals surface area contributed by atoms with Crippen molar-refractivity contribution in [2.24, 2.45) is 0 Å². The van der Waals surface area contributed by atoms with Gasteiger partial charge in [-0.05, 0) is 56.0 Å². The summed E-state index contributed by atoms with van der Waals surface area (Å²) in [5, 5.41) is 3.62. The molecule has 0 saturated heterocycles. The number of likely N-dealkylation sites (N-methyl/N-ethyl adjacent to an activating group) is 1. The smallest absolute Gasteiger partial charge is 0.0175 e. The lowest BCUT2D eigenvalue weighted by Crippen LogP contribution is -2.31. The molecular weight excluding hydrogens is 322 g/mol. The van der Waals surface area contributed by atoms with Gasteiger partial charge in [0.15, 0.2) is 0 Å². The highest BCUT2D eigenvalue weighted by Crippen LogP contribution is 2.14. The van der Waals surface area contributed by atoms with Crippen LogP contribution in [0.25, 0.3) is 0 Å². The molecule has 2 aromatic rings. The molecule has 2 rings (SSSR count). The molecule has 0 fully saturated rings. The first-order chi connectivity index (χ1) is 10.2. The molecule has 2 aromatic carbocycles. The van der Waals surface area contributed by atoms with E-state index >= 15 is 0 Å². The highest BCUT2D eigenvalue weighted by atomic mass is 79.9. The molecule has 112 valence electrons. The highest BCUT2D eigenvalue weighted by molar-refractivity contribution is 9.10. The van der Waals surface area contributed by atoms with Gasteiger partial charge in [0.2, 0.25) is 0 Å². The highest BCUT2D eigenvalue weighted by Gasteiger charge is 2.09. The third kappa shape index (κ3) is 5.64. The molecule has 0 radical (unpaired) electrons. The molecule has 1 unspecified atom stereocenters. The van der Waals surface area contributed by atoms with Crippen LogP contribution < -0.4 is 5.32 Å². The summed E-state index contributed by atoms with van der Waals surface area (Å²) in [6.07, 6.45) is 3.40. The van der Waals surface area contributed by atoms with Crippen LogP contribution in [0.4, 0.5) is 0 Å². The summed E-state index contributed by atoms with van der Waals surface area (Å²) in [6.45, 7) is 5.34. The Labute approximate surface area is 136 Å². The van der Waals surface area contributed by atoms with Crippen molar-refractivity contribution in [3.05, 3.63) is 69.7 Å². The first-order valence-corrected chi connectivity index (χ1v) is 8.50. The summed E-state index contributed by atoms with van der Waals surface area (Å²) < 4.78 is 1.14. The quantitative estimate of drug-likeness (QED) is 0.751. The minimum absolute atomic E-state index is 0.539. The molecule has 1 nitrogen and oxygen atoms in total. The van der Waals surface area contributed by atoms with Gasteiger partial charge in [-0.2, -0.15) is 0 Å². The summed E-state index contributed by atoms with van der Waals surface area (Å²) in [5.41, 5.74) is 4.16. The van der Waals surface area contributed by atoms with E-state index in [2.05, 4.69) is 83.6 Å². The molecule has 21 heavy (non-hydrogen) atoms. The van der Waals surface area contributed by atoms with Crippen molar-refractivity contribution in [1.82, 2.24) is 5.32 Å². The molecular formula is C19H24BrN. The van der Waals surface area contributed by atoms with E-state index in [9.17, 15) is 0 Å². The Morgan fingerprint density at radius 3 is 2.19 bits per heavy atom. The molecule has 1 N–H and O–H groups in total. The number of rotatable bonds is 7. The van der Waals surface area contributed by atoms with Crippen LogP contribution in [0.5, 0.6) is 0 Å². The average Bonchev–Trinajstić information content (AvgIpc) is 2.49. The van der Waals surface area contributed by atoms with Crippen molar-refractivity contribution in [3.63, 3.8) is 0 Å². The predicted molar refractivity (Wildman–Crippen MR) is 94.8 cm³/mol. The fraction of sp³-hybridized carbons (Fsp3) is 0.368. The number of hydrogen-bond donors (Lipinski definition) is 1. The minimum atomic E-state index is 0.539. The Hall–Kier alpha value is -1.12. The second-order valence-electron chi connectivity index (χ2n) is 5.61. The second-order valence-corrected chi connectivity index (χ2v) is 6.53. The van der Waals surface area contributed by atoms with Gasteiger partial charge in [0.05, 0.1) is 0 Å². The van der Waals surface area contributed by atoms with E-state index in [0.717, 1.165) is 23.9 Å². The van der Waals surface area contributed by atoms with Crippen LogP contribution in [-0.2, 0) is 12.8 Å². The van der Waals surface area contributed by atoms with Crippen LogP contribution in [0.15, 0.2) is 53.0 Å². The zero-order valence-electron chi connectivity index (χ0n) is 12.9. The maximum atomic E-state index is 3.62. The van der Waals surface area contributed by atoms with Crippen molar-refractivity contribution in [2.45, 2.75) is 39.2 Å². The van der Waals surface area contributed by atoms with Crippen molar-refractivity contribution in [1.29, 1.82) is 0 Å². The maximum absolute atomic E-state index is 3.62. The lowest BCUT2D eigenvalue weighted by molar-refractivity contribution is 0.491. The van der Waals surface area contributed by atoms with Gasteiger partial charge in [-0.3, -0.25) is 0 Å². The average molecular weight is 346 g/mol. The third-order valence-corrected chi connectivity index (χ3v) is 4.32. The summed E-state index contributed by atoms with van der Waals surface area (Å²) in [7, 11) is 0. The zero-order chi connectivity index (χ0) is 15.1. The maximum Gasteiger partial charge on any atom is 0.0175 e. The number of benzene rings is 2. The molecule has 0 heterocycles. The molecule has 0 amide bonds. The van der Waals surface area contributed by atoms with E-state index in [1.54, 1.807) is 0 Å². The van der Waals surface area contributed by atoms with Crippen LogP contribution in [0, 0.1) is 6.92 Å². The molecule has 0 aliphatic heterocycles. The van der Waals surface area contributed by atoms with E-state index < -0.39 is 0 Å². The van der Waals surface area contributed by atoms with Crippen LogP contribution in [0.1, 0.15) is 30.0 Å². The third-order valence-electron chi connectivity index (χ3n) is 3.79. The first kappa shape index (κ1) is 16.3. The SMILES string of the molecule is CCNC(CCc1ccc(C)cc1)Cc1ccc(Br)cc1. The van der Waals surface area contributed by atoms with E-state index in [1.165, 1.54) is 23.1 Å². The van der Waals surface area contributed by atoms with Gasteiger partial charge in [0.25, 0.3) is 0 Å². The van der Waals surface area contributed by atoms with Gasteiger partial charge < -0.3 is 5.32 Å². The topological polar surface area (TPSA) is 12.0 Å². The van der Waals surface area contributed by atoms with E-state index in [0.29, 0.717) is 6.04 Å². The molecule has 2 heteroatoms. The van der Waals surface area contributed by atoms with Gasteiger partial charge in [0.1, 0.15) is 0 Å². The largest absolute Gasteiger partial charge is 0.314 e. The zero-order valence-corrected chi connectivity index (χ0v) is 14.5. The van der Waals surface area contributed by atoms with Crippen LogP contribution in [0.3, 0.4) is 0 Å². The minimum Gasteiger partial charge on any atom is -0.314 e.